The maximum absolute atomic E-state index is 11.8. The van der Waals surface area contributed by atoms with E-state index in [9.17, 15) is 4.79 Å². The molecule has 0 aliphatic heterocycles. The molecule has 1 amide bonds. The molecule has 6 heteroatoms. The molecule has 2 aromatic heterocycles. The predicted octanol–water partition coefficient (Wildman–Crippen LogP) is 1.84. The van der Waals surface area contributed by atoms with Gasteiger partial charge in [-0.3, -0.25) is 4.79 Å². The van der Waals surface area contributed by atoms with Gasteiger partial charge in [0, 0.05) is 17.6 Å². The van der Waals surface area contributed by atoms with E-state index in [-0.39, 0.29) is 11.9 Å². The molecular formula is C13H17N3O2S. The van der Waals surface area contributed by atoms with Crippen molar-refractivity contribution in [2.45, 2.75) is 33.0 Å². The molecule has 102 valence electrons. The lowest BCUT2D eigenvalue weighted by atomic mass is 10.3. The maximum atomic E-state index is 11.8. The van der Waals surface area contributed by atoms with Crippen LogP contribution >= 0.6 is 11.3 Å². The van der Waals surface area contributed by atoms with E-state index in [0.29, 0.717) is 13.1 Å². The third kappa shape index (κ3) is 4.18. The lowest BCUT2D eigenvalue weighted by Crippen LogP contribution is -2.41. The zero-order chi connectivity index (χ0) is 13.7. The van der Waals surface area contributed by atoms with Crippen molar-refractivity contribution in [1.29, 1.82) is 0 Å². The van der Waals surface area contributed by atoms with Crippen molar-refractivity contribution >= 4 is 17.2 Å². The van der Waals surface area contributed by atoms with E-state index in [0.717, 1.165) is 15.6 Å². The van der Waals surface area contributed by atoms with Gasteiger partial charge >= 0.3 is 0 Å². The third-order valence-electron chi connectivity index (χ3n) is 2.66. The summed E-state index contributed by atoms with van der Waals surface area (Å²) in [6, 6.07) is 3.38. The first-order valence-corrected chi connectivity index (χ1v) is 6.91. The van der Waals surface area contributed by atoms with Crippen LogP contribution in [0.1, 0.15) is 22.6 Å². The Hall–Kier alpha value is -1.66. The zero-order valence-corrected chi connectivity index (χ0v) is 11.8. The number of aryl methyl sites for hydroxylation is 1. The van der Waals surface area contributed by atoms with Crippen molar-refractivity contribution in [3.8, 4) is 0 Å². The molecular weight excluding hydrogens is 262 g/mol. The van der Waals surface area contributed by atoms with Crippen LogP contribution in [0.3, 0.4) is 0 Å². The molecule has 0 saturated heterocycles. The monoisotopic (exact) mass is 279 g/mol. The Morgan fingerprint density at radius 2 is 2.37 bits per heavy atom. The summed E-state index contributed by atoms with van der Waals surface area (Å²) in [4.78, 5) is 17.1. The minimum atomic E-state index is -0.252. The normalized spacial score (nSPS) is 12.3. The molecule has 19 heavy (non-hydrogen) atoms. The molecule has 5 nitrogen and oxygen atoms in total. The summed E-state index contributed by atoms with van der Waals surface area (Å²) in [5, 5.41) is 7.02. The fourth-order valence-corrected chi connectivity index (χ4v) is 2.32. The van der Waals surface area contributed by atoms with Crippen LogP contribution in [0.4, 0.5) is 0 Å². The van der Waals surface area contributed by atoms with Crippen LogP contribution < -0.4 is 10.6 Å². The number of nitrogens with one attached hydrogen (secondary N) is 2. The van der Waals surface area contributed by atoms with Gasteiger partial charge in [-0.15, -0.1) is 11.3 Å². The van der Waals surface area contributed by atoms with Crippen molar-refractivity contribution < 1.29 is 9.21 Å². The van der Waals surface area contributed by atoms with Crippen LogP contribution in [0.25, 0.3) is 0 Å². The minimum absolute atomic E-state index is 0.0439. The Kier molecular flexibility index (Phi) is 4.70. The van der Waals surface area contributed by atoms with Crippen LogP contribution in [0.15, 0.2) is 29.0 Å². The molecule has 1 unspecified atom stereocenters. The molecule has 0 aromatic carbocycles. The average molecular weight is 279 g/mol. The Bertz CT molecular complexity index is 522. The SMILES string of the molecule is Cc1ncc(CNC(C)C(=O)NCc2ccco2)s1. The van der Waals surface area contributed by atoms with Crippen LogP contribution in [-0.2, 0) is 17.9 Å². The van der Waals surface area contributed by atoms with Crippen molar-refractivity contribution in [3.63, 3.8) is 0 Å². The van der Waals surface area contributed by atoms with Crippen molar-refractivity contribution in [2.75, 3.05) is 0 Å². The first-order valence-electron chi connectivity index (χ1n) is 6.10. The van der Waals surface area contributed by atoms with Gasteiger partial charge < -0.3 is 15.1 Å². The molecule has 0 saturated carbocycles. The number of thiazole rings is 1. The summed E-state index contributed by atoms with van der Waals surface area (Å²) in [5.41, 5.74) is 0. The van der Waals surface area contributed by atoms with E-state index in [1.54, 1.807) is 23.7 Å². The number of amides is 1. The Labute approximate surface area is 116 Å². The lowest BCUT2D eigenvalue weighted by molar-refractivity contribution is -0.123. The van der Waals surface area contributed by atoms with Gasteiger partial charge in [-0.1, -0.05) is 0 Å². The van der Waals surface area contributed by atoms with E-state index < -0.39 is 0 Å². The number of furan rings is 1. The highest BCUT2D eigenvalue weighted by Crippen LogP contribution is 2.10. The summed E-state index contributed by atoms with van der Waals surface area (Å²) in [7, 11) is 0. The fraction of sp³-hybridized carbons (Fsp3) is 0.385. The van der Waals surface area contributed by atoms with E-state index in [1.807, 2.05) is 26.1 Å². The van der Waals surface area contributed by atoms with E-state index in [2.05, 4.69) is 15.6 Å². The predicted molar refractivity (Wildman–Crippen MR) is 73.7 cm³/mol. The van der Waals surface area contributed by atoms with Gasteiger partial charge in [0.05, 0.1) is 23.9 Å². The largest absolute Gasteiger partial charge is 0.467 e. The summed E-state index contributed by atoms with van der Waals surface area (Å²) in [5.74, 6) is 0.705. The second kappa shape index (κ2) is 6.49. The second-order valence-electron chi connectivity index (χ2n) is 4.25. The number of carbonyl (C=O) groups is 1. The third-order valence-corrected chi connectivity index (χ3v) is 3.57. The lowest BCUT2D eigenvalue weighted by Gasteiger charge is -2.12. The number of rotatable bonds is 6. The highest BCUT2D eigenvalue weighted by molar-refractivity contribution is 7.11. The molecule has 0 aliphatic carbocycles. The first kappa shape index (κ1) is 13.8. The zero-order valence-electron chi connectivity index (χ0n) is 11.0. The van der Waals surface area contributed by atoms with Crippen molar-refractivity contribution in [2.24, 2.45) is 0 Å². The molecule has 0 spiro atoms. The van der Waals surface area contributed by atoms with Gasteiger partial charge in [-0.25, -0.2) is 4.98 Å². The van der Waals surface area contributed by atoms with Crippen molar-refractivity contribution in [3.05, 3.63) is 40.2 Å². The molecule has 0 fully saturated rings. The number of aromatic nitrogens is 1. The minimum Gasteiger partial charge on any atom is -0.467 e. The maximum Gasteiger partial charge on any atom is 0.237 e. The molecule has 1 atom stereocenters. The highest BCUT2D eigenvalue weighted by Gasteiger charge is 2.12. The highest BCUT2D eigenvalue weighted by atomic mass is 32.1. The molecule has 2 rings (SSSR count). The molecule has 2 heterocycles. The van der Waals surface area contributed by atoms with Gasteiger partial charge in [-0.05, 0) is 26.0 Å². The van der Waals surface area contributed by atoms with Crippen LogP contribution in [0, 0.1) is 6.92 Å². The Morgan fingerprint density at radius 1 is 1.53 bits per heavy atom. The van der Waals surface area contributed by atoms with Crippen LogP contribution in [0.2, 0.25) is 0 Å². The Balaban J connectivity index is 1.73. The van der Waals surface area contributed by atoms with Gasteiger partial charge in [0.25, 0.3) is 0 Å². The summed E-state index contributed by atoms with van der Waals surface area (Å²) in [6.45, 7) is 4.87. The summed E-state index contributed by atoms with van der Waals surface area (Å²) < 4.78 is 5.15. The van der Waals surface area contributed by atoms with E-state index in [1.165, 1.54) is 0 Å². The van der Waals surface area contributed by atoms with Gasteiger partial charge in [0.15, 0.2) is 0 Å². The number of carbonyl (C=O) groups excluding carboxylic acids is 1. The number of hydrogen-bond donors (Lipinski definition) is 2. The molecule has 2 N–H and O–H groups in total. The standard InChI is InChI=1S/C13H17N3O2S/c1-9(14-7-12-8-15-10(2)19-12)13(17)16-6-11-4-3-5-18-11/h3-5,8-9,14H,6-7H2,1-2H3,(H,16,17). The molecule has 0 radical (unpaired) electrons. The van der Waals surface area contributed by atoms with Crippen molar-refractivity contribution in [1.82, 2.24) is 15.6 Å². The average Bonchev–Trinajstić information content (AvgIpc) is 3.04. The molecule has 2 aromatic rings. The second-order valence-corrected chi connectivity index (χ2v) is 5.56. The Morgan fingerprint density at radius 3 is 3.00 bits per heavy atom. The summed E-state index contributed by atoms with van der Waals surface area (Å²) >= 11 is 1.63. The topological polar surface area (TPSA) is 67.2 Å². The number of hydrogen-bond acceptors (Lipinski definition) is 5. The van der Waals surface area contributed by atoms with Gasteiger partial charge in [0.2, 0.25) is 5.91 Å². The van der Waals surface area contributed by atoms with E-state index >= 15 is 0 Å². The van der Waals surface area contributed by atoms with Gasteiger partial charge in [0.1, 0.15) is 5.76 Å². The van der Waals surface area contributed by atoms with E-state index in [4.69, 9.17) is 4.42 Å². The van der Waals surface area contributed by atoms with Crippen LogP contribution in [0.5, 0.6) is 0 Å². The fourth-order valence-electron chi connectivity index (χ4n) is 1.57. The molecule has 0 aliphatic rings. The first-order chi connectivity index (χ1) is 9.15. The quantitative estimate of drug-likeness (QED) is 0.846. The van der Waals surface area contributed by atoms with Gasteiger partial charge in [-0.2, -0.15) is 0 Å². The summed E-state index contributed by atoms with van der Waals surface area (Å²) in [6.07, 6.45) is 3.43. The van der Waals surface area contributed by atoms with Crippen LogP contribution in [-0.4, -0.2) is 16.9 Å². The number of nitrogens with zero attached hydrogens (tertiary/aromatic N) is 1. The molecule has 0 bridgehead atoms. The smallest absolute Gasteiger partial charge is 0.237 e.